The molecule has 1 saturated heterocycles. The lowest BCUT2D eigenvalue weighted by Gasteiger charge is -2.49. The average Bonchev–Trinajstić information content (AvgIpc) is 3.41. The van der Waals surface area contributed by atoms with Gasteiger partial charge in [-0.1, -0.05) is 5.16 Å². The van der Waals surface area contributed by atoms with E-state index in [4.69, 9.17) is 20.0 Å². The topological polar surface area (TPSA) is 183 Å². The van der Waals surface area contributed by atoms with Gasteiger partial charge >= 0.3 is 5.97 Å². The standard InChI is InChI=1S/C25H23N5O8S4/c1-36-14-4-11-13(31)5-17(42-16(11)6-15(14)37-2)39-7-10-8-40-23-19(22(33)30(23)20(10)24(34)35)28-21(32)18(29-38-3)12-9-41-25(26)27-12/h4-6,9,19,23H,7-8H2,1-3H3,(H2,26,27)(H,28,32)(H,34,35)/b29-18+/t19-,23-/m1/s1. The Bertz CT molecular complexity index is 1720. The highest BCUT2D eigenvalue weighted by atomic mass is 32.2. The molecular weight excluding hydrogens is 627 g/mol. The number of carbonyl (C=O) groups excluding carboxylic acids is 2. The normalized spacial score (nSPS) is 18.4. The van der Waals surface area contributed by atoms with Crippen LogP contribution in [0.25, 0.3) is 10.1 Å². The summed E-state index contributed by atoms with van der Waals surface area (Å²) in [5.74, 6) is -1.03. The predicted octanol–water partition coefficient (Wildman–Crippen LogP) is 2.20. The van der Waals surface area contributed by atoms with Crippen molar-refractivity contribution in [2.24, 2.45) is 5.16 Å². The molecule has 13 nitrogen and oxygen atoms in total. The van der Waals surface area contributed by atoms with Crippen LogP contribution in [0.4, 0.5) is 5.13 Å². The first kappa shape index (κ1) is 29.7. The zero-order valence-corrected chi connectivity index (χ0v) is 25.5. The Morgan fingerprint density at radius 1 is 1.21 bits per heavy atom. The fourth-order valence-corrected chi connectivity index (χ4v) is 8.65. The molecule has 4 N–H and O–H groups in total. The quantitative estimate of drug-likeness (QED) is 0.126. The first-order chi connectivity index (χ1) is 20.2. The van der Waals surface area contributed by atoms with Gasteiger partial charge in [-0.25, -0.2) is 9.78 Å². The molecule has 1 fully saturated rings. The van der Waals surface area contributed by atoms with Crippen LogP contribution in [0.3, 0.4) is 0 Å². The summed E-state index contributed by atoms with van der Waals surface area (Å²) in [4.78, 5) is 61.2. The number of nitrogens with two attached hydrogens (primary N) is 1. The molecule has 2 aromatic heterocycles. The Morgan fingerprint density at radius 2 is 1.95 bits per heavy atom. The maximum Gasteiger partial charge on any atom is 0.352 e. The van der Waals surface area contributed by atoms with E-state index >= 15 is 0 Å². The molecule has 0 spiro atoms. The molecule has 4 heterocycles. The molecule has 3 aromatic rings. The molecule has 42 heavy (non-hydrogen) atoms. The molecule has 1 aromatic carbocycles. The number of ether oxygens (including phenoxy) is 2. The number of fused-ring (bicyclic) bond motifs is 2. The lowest BCUT2D eigenvalue weighted by atomic mass is 10.0. The van der Waals surface area contributed by atoms with E-state index < -0.39 is 29.2 Å². The number of hydrogen-bond acceptors (Lipinski definition) is 14. The van der Waals surface area contributed by atoms with E-state index in [0.717, 1.165) is 11.3 Å². The average molecular weight is 650 g/mol. The number of methoxy groups -OCH3 is 2. The number of rotatable bonds is 10. The van der Waals surface area contributed by atoms with Gasteiger partial charge in [-0.15, -0.1) is 46.2 Å². The fourth-order valence-electron chi connectivity index (χ4n) is 4.39. The van der Waals surface area contributed by atoms with Gasteiger partial charge < -0.3 is 30.5 Å². The molecule has 2 amide bonds. The minimum atomic E-state index is -1.25. The molecule has 0 bridgehead atoms. The van der Waals surface area contributed by atoms with Crippen molar-refractivity contribution in [1.29, 1.82) is 0 Å². The van der Waals surface area contributed by atoms with Crippen LogP contribution in [0.15, 0.2) is 49.0 Å². The molecule has 0 aliphatic carbocycles. The zero-order chi connectivity index (χ0) is 30.1. The summed E-state index contributed by atoms with van der Waals surface area (Å²) in [5.41, 5.74) is 5.89. The Balaban J connectivity index is 1.33. The number of hydrogen-bond donors (Lipinski definition) is 3. The number of carboxylic acids is 1. The lowest BCUT2D eigenvalue weighted by Crippen LogP contribution is -2.71. The fraction of sp³-hybridized carbons (Fsp3) is 0.280. The van der Waals surface area contributed by atoms with E-state index in [-0.39, 0.29) is 33.4 Å². The number of benzene rings is 1. The monoisotopic (exact) mass is 649 g/mol. The van der Waals surface area contributed by atoms with Gasteiger partial charge in [-0.2, -0.15) is 0 Å². The minimum Gasteiger partial charge on any atom is -0.493 e. The number of thioether (sulfide) groups is 2. The number of nitrogen functional groups attached to an aromatic ring is 1. The molecule has 0 radical (unpaired) electrons. The predicted molar refractivity (Wildman–Crippen MR) is 162 cm³/mol. The third kappa shape index (κ3) is 5.51. The van der Waals surface area contributed by atoms with Crippen molar-refractivity contribution < 1.29 is 33.8 Å². The van der Waals surface area contributed by atoms with Crippen molar-refractivity contribution in [3.63, 3.8) is 0 Å². The van der Waals surface area contributed by atoms with E-state index in [1.165, 1.54) is 72.5 Å². The van der Waals surface area contributed by atoms with Crippen molar-refractivity contribution in [3.8, 4) is 11.5 Å². The first-order valence-electron chi connectivity index (χ1n) is 12.0. The van der Waals surface area contributed by atoms with Gasteiger partial charge in [-0.05, 0) is 11.6 Å². The maximum absolute atomic E-state index is 13.1. The molecule has 2 aliphatic rings. The summed E-state index contributed by atoms with van der Waals surface area (Å²) < 4.78 is 12.0. The number of carbonyl (C=O) groups is 3. The van der Waals surface area contributed by atoms with Crippen LogP contribution in [0.2, 0.25) is 0 Å². The van der Waals surface area contributed by atoms with Crippen molar-refractivity contribution in [1.82, 2.24) is 15.2 Å². The Labute approximate surface area is 254 Å². The first-order valence-corrected chi connectivity index (χ1v) is 15.8. The third-order valence-electron chi connectivity index (χ3n) is 6.30. The van der Waals surface area contributed by atoms with Crippen LogP contribution in [0.1, 0.15) is 5.69 Å². The summed E-state index contributed by atoms with van der Waals surface area (Å²) in [6.45, 7) is 0. The molecular formula is C25H23N5O8S4. The number of nitrogens with one attached hydrogen (secondary N) is 1. The molecule has 0 saturated carbocycles. The van der Waals surface area contributed by atoms with Crippen LogP contribution < -0.4 is 26.0 Å². The van der Waals surface area contributed by atoms with Crippen LogP contribution in [-0.2, 0) is 19.2 Å². The number of amides is 2. The molecule has 0 unspecified atom stereocenters. The largest absolute Gasteiger partial charge is 0.493 e. The summed E-state index contributed by atoms with van der Waals surface area (Å²) in [6, 6.07) is 3.89. The second-order valence-corrected chi connectivity index (χ2v) is 13.1. The van der Waals surface area contributed by atoms with Gasteiger partial charge in [0.15, 0.2) is 27.8 Å². The zero-order valence-electron chi connectivity index (χ0n) is 22.2. The van der Waals surface area contributed by atoms with Crippen LogP contribution in [-0.4, -0.2) is 82.7 Å². The van der Waals surface area contributed by atoms with Gasteiger partial charge in [0, 0.05) is 39.1 Å². The molecule has 2 atom stereocenters. The second-order valence-electron chi connectivity index (χ2n) is 8.73. The van der Waals surface area contributed by atoms with E-state index in [1.54, 1.807) is 12.1 Å². The second kappa shape index (κ2) is 12.2. The summed E-state index contributed by atoms with van der Waals surface area (Å²) in [6.07, 6.45) is 0. The number of aromatic nitrogens is 1. The third-order valence-corrected chi connectivity index (χ3v) is 10.7. The smallest absolute Gasteiger partial charge is 0.352 e. The molecule has 5 rings (SSSR count). The highest BCUT2D eigenvalue weighted by Gasteiger charge is 2.54. The van der Waals surface area contributed by atoms with Crippen LogP contribution >= 0.6 is 46.2 Å². The summed E-state index contributed by atoms with van der Waals surface area (Å²) in [7, 11) is 4.27. The minimum absolute atomic E-state index is 0.126. The van der Waals surface area contributed by atoms with Crippen LogP contribution in [0, 0.1) is 0 Å². The van der Waals surface area contributed by atoms with Gasteiger partial charge in [-0.3, -0.25) is 19.3 Å². The Hall–Kier alpha value is -3.80. The van der Waals surface area contributed by atoms with Crippen LogP contribution in [0.5, 0.6) is 11.5 Å². The number of carboxylic acid groups (broad SMARTS) is 1. The van der Waals surface area contributed by atoms with E-state index in [9.17, 15) is 24.3 Å². The van der Waals surface area contributed by atoms with Crippen molar-refractivity contribution >= 4 is 84.9 Å². The number of nitrogens with zero attached hydrogens (tertiary/aromatic N) is 3. The Kier molecular flexibility index (Phi) is 8.63. The molecule has 220 valence electrons. The van der Waals surface area contributed by atoms with Crippen molar-refractivity contribution in [2.75, 3.05) is 38.6 Å². The van der Waals surface area contributed by atoms with E-state index in [2.05, 4.69) is 15.5 Å². The highest BCUT2D eigenvalue weighted by Crippen LogP contribution is 2.42. The van der Waals surface area contributed by atoms with Gasteiger partial charge in [0.05, 0.1) is 18.4 Å². The van der Waals surface area contributed by atoms with Crippen molar-refractivity contribution in [3.05, 3.63) is 50.8 Å². The lowest BCUT2D eigenvalue weighted by molar-refractivity contribution is -0.150. The van der Waals surface area contributed by atoms with Gasteiger partial charge in [0.2, 0.25) is 0 Å². The highest BCUT2D eigenvalue weighted by molar-refractivity contribution is 8.02. The SMILES string of the molecule is CO/N=C(/C(=O)N[C@@H]1C(=O)N2C(C(=O)O)=C(CSc3cc(=O)c4cc(OC)c(OC)cc4s3)CS[C@H]12)c1csc(N)n1. The van der Waals surface area contributed by atoms with E-state index in [1.807, 2.05) is 0 Å². The number of β-lactam (4-membered cyclic amide) rings is 1. The van der Waals surface area contributed by atoms with Gasteiger partial charge in [0.25, 0.3) is 11.8 Å². The number of anilines is 1. The maximum atomic E-state index is 13.1. The summed E-state index contributed by atoms with van der Waals surface area (Å²) in [5, 5.41) is 18.0. The Morgan fingerprint density at radius 3 is 2.60 bits per heavy atom. The van der Waals surface area contributed by atoms with E-state index in [0.29, 0.717) is 37.1 Å². The summed E-state index contributed by atoms with van der Waals surface area (Å²) >= 11 is 5.12. The number of thiazole rings is 1. The number of aliphatic carboxylic acids is 1. The molecule has 17 heteroatoms. The molecule has 2 aliphatic heterocycles. The van der Waals surface area contributed by atoms with Gasteiger partial charge in [0.1, 0.15) is 29.9 Å². The van der Waals surface area contributed by atoms with Crippen molar-refractivity contribution in [2.45, 2.75) is 15.6 Å². The number of oxime groups is 1.